The van der Waals surface area contributed by atoms with Crippen molar-refractivity contribution in [2.45, 2.75) is 12.6 Å². The number of nitro groups is 1. The van der Waals surface area contributed by atoms with Gasteiger partial charge in [0.1, 0.15) is 6.04 Å². The van der Waals surface area contributed by atoms with E-state index in [4.69, 9.17) is 0 Å². The maximum atomic E-state index is 13.4. The Balaban J connectivity index is 1.26. The minimum Gasteiger partial charge on any atom is -0.369 e. The molecule has 0 radical (unpaired) electrons. The number of hydrogen-bond acceptors (Lipinski definition) is 7. The van der Waals surface area contributed by atoms with E-state index in [-0.39, 0.29) is 24.3 Å². The van der Waals surface area contributed by atoms with Crippen LogP contribution in [0.4, 0.5) is 16.2 Å². The molecule has 9 nitrogen and oxygen atoms in total. The van der Waals surface area contributed by atoms with Crippen LogP contribution in [0, 0.1) is 10.1 Å². The first-order chi connectivity index (χ1) is 17.0. The number of nitrogens with zero attached hydrogens (tertiary/aromatic N) is 5. The van der Waals surface area contributed by atoms with Crippen molar-refractivity contribution in [3.63, 3.8) is 0 Å². The molecular formula is C25H25N5O4S. The molecule has 1 aromatic heterocycles. The molecule has 3 heterocycles. The number of hydrogen-bond donors (Lipinski definition) is 0. The molecule has 0 N–H and O–H groups in total. The van der Waals surface area contributed by atoms with E-state index in [1.807, 2.05) is 47.8 Å². The first-order valence-corrected chi connectivity index (χ1v) is 12.3. The van der Waals surface area contributed by atoms with Gasteiger partial charge in [0, 0.05) is 55.4 Å². The van der Waals surface area contributed by atoms with Crippen LogP contribution >= 0.6 is 11.3 Å². The molecule has 2 aromatic carbocycles. The SMILES string of the molecule is O=C1C(c2cccs2)N(Cc2ccccc2)C(=O)N1CN1CCN(c2ccc([N+](=O)[O-])cc2)CC1. The van der Waals surface area contributed by atoms with E-state index >= 15 is 0 Å². The molecule has 5 rings (SSSR count). The van der Waals surface area contributed by atoms with Crippen molar-refractivity contribution < 1.29 is 14.5 Å². The Bertz CT molecular complexity index is 1190. The monoisotopic (exact) mass is 491 g/mol. The third-order valence-electron chi connectivity index (χ3n) is 6.44. The van der Waals surface area contributed by atoms with E-state index < -0.39 is 11.0 Å². The first kappa shape index (κ1) is 23.0. The standard InChI is InChI=1S/C25H25N5O4S/c31-24-23(22-7-4-16-35-22)28(17-19-5-2-1-3-6-19)25(32)29(24)18-26-12-14-27(15-13-26)20-8-10-21(11-9-20)30(33)34/h1-11,16,23H,12-15,17-18H2. The molecule has 2 saturated heterocycles. The van der Waals surface area contributed by atoms with Crippen molar-refractivity contribution in [2.75, 3.05) is 37.7 Å². The Morgan fingerprint density at radius 1 is 0.914 bits per heavy atom. The van der Waals surface area contributed by atoms with Gasteiger partial charge in [-0.05, 0) is 29.1 Å². The Labute approximate surface area is 206 Å². The Kier molecular flexibility index (Phi) is 6.47. The second kappa shape index (κ2) is 9.85. The van der Waals surface area contributed by atoms with E-state index in [1.165, 1.54) is 28.4 Å². The number of thiophene rings is 1. The predicted molar refractivity (Wildman–Crippen MR) is 133 cm³/mol. The summed E-state index contributed by atoms with van der Waals surface area (Å²) < 4.78 is 0. The number of rotatable bonds is 7. The summed E-state index contributed by atoms with van der Waals surface area (Å²) in [4.78, 5) is 45.5. The lowest BCUT2D eigenvalue weighted by Gasteiger charge is -2.37. The second-order valence-corrected chi connectivity index (χ2v) is 9.58. The molecule has 2 aliphatic heterocycles. The van der Waals surface area contributed by atoms with Gasteiger partial charge in [-0.1, -0.05) is 36.4 Å². The van der Waals surface area contributed by atoms with Gasteiger partial charge in [0.25, 0.3) is 11.6 Å². The third kappa shape index (κ3) is 4.75. The smallest absolute Gasteiger partial charge is 0.329 e. The first-order valence-electron chi connectivity index (χ1n) is 11.4. The van der Waals surface area contributed by atoms with E-state index in [1.54, 1.807) is 17.0 Å². The molecule has 3 aromatic rings. The highest BCUT2D eigenvalue weighted by Crippen LogP contribution is 2.35. The largest absolute Gasteiger partial charge is 0.369 e. The molecule has 0 bridgehead atoms. The molecule has 180 valence electrons. The van der Waals surface area contributed by atoms with Gasteiger partial charge in [-0.15, -0.1) is 11.3 Å². The quantitative estimate of drug-likeness (QED) is 0.283. The van der Waals surface area contributed by atoms with Crippen LogP contribution in [0.5, 0.6) is 0 Å². The average molecular weight is 492 g/mol. The summed E-state index contributed by atoms with van der Waals surface area (Å²) in [6.07, 6.45) is 0. The Morgan fingerprint density at radius 3 is 2.26 bits per heavy atom. The predicted octanol–water partition coefficient (Wildman–Crippen LogP) is 3.94. The molecule has 3 amide bonds. The summed E-state index contributed by atoms with van der Waals surface area (Å²) in [6.45, 7) is 3.39. The molecule has 0 spiro atoms. The summed E-state index contributed by atoms with van der Waals surface area (Å²) in [5.74, 6) is -0.189. The molecule has 0 aliphatic carbocycles. The van der Waals surface area contributed by atoms with Gasteiger partial charge in [-0.2, -0.15) is 0 Å². The second-order valence-electron chi connectivity index (χ2n) is 8.60. The minimum atomic E-state index is -0.607. The summed E-state index contributed by atoms with van der Waals surface area (Å²) in [5, 5.41) is 12.8. The number of piperazine rings is 1. The van der Waals surface area contributed by atoms with Gasteiger partial charge in [0.05, 0.1) is 11.6 Å². The normalized spacial score (nSPS) is 19.0. The van der Waals surface area contributed by atoms with Gasteiger partial charge in [-0.25, -0.2) is 9.69 Å². The molecule has 35 heavy (non-hydrogen) atoms. The molecule has 2 fully saturated rings. The highest BCUT2D eigenvalue weighted by Gasteiger charge is 2.46. The van der Waals surface area contributed by atoms with Crippen molar-refractivity contribution in [3.05, 3.63) is 92.7 Å². The van der Waals surface area contributed by atoms with Crippen LogP contribution in [0.15, 0.2) is 72.1 Å². The lowest BCUT2D eigenvalue weighted by atomic mass is 10.1. The van der Waals surface area contributed by atoms with Crippen LogP contribution in [0.25, 0.3) is 0 Å². The summed E-state index contributed by atoms with van der Waals surface area (Å²) in [5.41, 5.74) is 1.97. The average Bonchev–Trinajstić information content (AvgIpc) is 3.48. The topological polar surface area (TPSA) is 90.2 Å². The van der Waals surface area contributed by atoms with Gasteiger partial charge >= 0.3 is 6.03 Å². The zero-order chi connectivity index (χ0) is 24.4. The maximum absolute atomic E-state index is 13.4. The van der Waals surface area contributed by atoms with E-state index in [0.29, 0.717) is 32.7 Å². The van der Waals surface area contributed by atoms with Gasteiger partial charge in [0.15, 0.2) is 0 Å². The molecule has 10 heteroatoms. The fraction of sp³-hybridized carbons (Fsp3) is 0.280. The summed E-state index contributed by atoms with van der Waals surface area (Å²) in [7, 11) is 0. The fourth-order valence-corrected chi connectivity index (χ4v) is 5.39. The van der Waals surface area contributed by atoms with Crippen molar-refractivity contribution in [3.8, 4) is 0 Å². The van der Waals surface area contributed by atoms with Crippen molar-refractivity contribution in [1.29, 1.82) is 0 Å². The van der Waals surface area contributed by atoms with E-state index in [0.717, 1.165) is 16.1 Å². The number of nitro benzene ring substituents is 1. The maximum Gasteiger partial charge on any atom is 0.329 e. The van der Waals surface area contributed by atoms with Crippen LogP contribution in [0.2, 0.25) is 0 Å². The lowest BCUT2D eigenvalue weighted by Crippen LogP contribution is -2.51. The number of urea groups is 1. The third-order valence-corrected chi connectivity index (χ3v) is 7.36. The van der Waals surface area contributed by atoms with Crippen LogP contribution in [-0.2, 0) is 11.3 Å². The molecular weight excluding hydrogens is 466 g/mol. The van der Waals surface area contributed by atoms with Crippen molar-refractivity contribution in [2.24, 2.45) is 0 Å². The van der Waals surface area contributed by atoms with Crippen LogP contribution in [0.1, 0.15) is 16.5 Å². The van der Waals surface area contributed by atoms with Crippen LogP contribution < -0.4 is 4.90 Å². The zero-order valence-corrected chi connectivity index (χ0v) is 19.8. The number of carbonyl (C=O) groups is 2. The highest BCUT2D eigenvalue weighted by atomic mass is 32.1. The minimum absolute atomic E-state index is 0.0683. The number of imide groups is 1. The molecule has 1 unspecified atom stereocenters. The molecule has 0 saturated carbocycles. The fourth-order valence-electron chi connectivity index (χ4n) is 4.56. The van der Waals surface area contributed by atoms with E-state index in [2.05, 4.69) is 9.80 Å². The molecule has 1 atom stereocenters. The Hall–Kier alpha value is -3.76. The van der Waals surface area contributed by atoms with Crippen molar-refractivity contribution in [1.82, 2.24) is 14.7 Å². The number of non-ortho nitro benzene ring substituents is 1. The zero-order valence-electron chi connectivity index (χ0n) is 19.0. The van der Waals surface area contributed by atoms with Gasteiger partial charge < -0.3 is 9.80 Å². The summed E-state index contributed by atoms with van der Waals surface area (Å²) in [6, 6.07) is 19.2. The molecule has 2 aliphatic rings. The Morgan fingerprint density at radius 2 is 1.63 bits per heavy atom. The number of anilines is 1. The lowest BCUT2D eigenvalue weighted by molar-refractivity contribution is -0.384. The van der Waals surface area contributed by atoms with Gasteiger partial charge in [0.2, 0.25) is 0 Å². The highest BCUT2D eigenvalue weighted by molar-refractivity contribution is 7.10. The van der Waals surface area contributed by atoms with Gasteiger partial charge in [-0.3, -0.25) is 19.8 Å². The van der Waals surface area contributed by atoms with E-state index in [9.17, 15) is 19.7 Å². The van der Waals surface area contributed by atoms with Crippen molar-refractivity contribution >= 4 is 34.6 Å². The van der Waals surface area contributed by atoms with Crippen LogP contribution in [-0.4, -0.2) is 64.4 Å². The number of amides is 3. The number of carbonyl (C=O) groups excluding carboxylic acids is 2. The number of benzene rings is 2. The van der Waals surface area contributed by atoms with Crippen LogP contribution in [0.3, 0.4) is 0 Å². The summed E-state index contributed by atoms with van der Waals surface area (Å²) >= 11 is 1.49.